The minimum Gasteiger partial charge on any atom is -0.368 e. The molecule has 0 bridgehead atoms. The molecule has 1 aliphatic rings. The fourth-order valence-electron chi connectivity index (χ4n) is 1.88. The van der Waals surface area contributed by atoms with Crippen molar-refractivity contribution in [3.63, 3.8) is 0 Å². The molecular formula is C11H11ClN2O2. The fraction of sp³-hybridized carbons (Fsp3) is 0.273. The maximum atomic E-state index is 11.7. The van der Waals surface area contributed by atoms with Gasteiger partial charge >= 0.3 is 0 Å². The Kier molecular flexibility index (Phi) is 2.83. The summed E-state index contributed by atoms with van der Waals surface area (Å²) in [5.41, 5.74) is 5.92. The minimum absolute atomic E-state index is 0.0777. The van der Waals surface area contributed by atoms with Crippen molar-refractivity contribution in [2.24, 2.45) is 5.73 Å². The summed E-state index contributed by atoms with van der Waals surface area (Å²) in [5, 5.41) is 0.589. The Morgan fingerprint density at radius 1 is 1.38 bits per heavy atom. The summed E-state index contributed by atoms with van der Waals surface area (Å²) in [6.07, 6.45) is 0.840. The molecule has 0 aliphatic carbocycles. The Labute approximate surface area is 98.0 Å². The molecule has 2 N–H and O–H groups in total. The van der Waals surface area contributed by atoms with E-state index in [1.807, 2.05) is 0 Å². The Morgan fingerprint density at radius 3 is 2.56 bits per heavy atom. The number of hydrogen-bond donors (Lipinski definition) is 1. The van der Waals surface area contributed by atoms with E-state index in [0.717, 1.165) is 0 Å². The third-order valence-electron chi connectivity index (χ3n) is 2.65. The van der Waals surface area contributed by atoms with Gasteiger partial charge in [0.2, 0.25) is 11.8 Å². The quantitative estimate of drug-likeness (QED) is 0.845. The first kappa shape index (κ1) is 11.0. The molecule has 1 atom stereocenters. The molecular weight excluding hydrogens is 228 g/mol. The SMILES string of the molecule is NC(=O)[C@@H]1CCC(=O)N1c1ccc(Cl)cc1. The van der Waals surface area contributed by atoms with Gasteiger partial charge < -0.3 is 5.73 Å². The lowest BCUT2D eigenvalue weighted by Gasteiger charge is -2.22. The highest BCUT2D eigenvalue weighted by atomic mass is 35.5. The number of nitrogens with two attached hydrogens (primary N) is 1. The second kappa shape index (κ2) is 4.14. The van der Waals surface area contributed by atoms with Crippen molar-refractivity contribution in [3.05, 3.63) is 29.3 Å². The summed E-state index contributed by atoms with van der Waals surface area (Å²) in [6, 6.07) is 6.25. The molecule has 0 radical (unpaired) electrons. The highest BCUT2D eigenvalue weighted by molar-refractivity contribution is 6.30. The van der Waals surface area contributed by atoms with E-state index in [1.54, 1.807) is 24.3 Å². The normalized spacial score (nSPS) is 20.2. The van der Waals surface area contributed by atoms with Crippen molar-refractivity contribution in [1.29, 1.82) is 0 Å². The van der Waals surface area contributed by atoms with E-state index < -0.39 is 11.9 Å². The summed E-state index contributed by atoms with van der Waals surface area (Å²) in [4.78, 5) is 24.3. The lowest BCUT2D eigenvalue weighted by atomic mass is 10.2. The molecule has 0 saturated carbocycles. The number of anilines is 1. The van der Waals surface area contributed by atoms with Crippen molar-refractivity contribution < 1.29 is 9.59 Å². The Balaban J connectivity index is 2.33. The first-order chi connectivity index (χ1) is 7.59. The summed E-state index contributed by atoms with van der Waals surface area (Å²) in [7, 11) is 0. The molecule has 1 saturated heterocycles. The summed E-state index contributed by atoms with van der Waals surface area (Å²) < 4.78 is 0. The van der Waals surface area contributed by atoms with Crippen LogP contribution >= 0.6 is 11.6 Å². The van der Waals surface area contributed by atoms with E-state index in [4.69, 9.17) is 17.3 Å². The molecule has 84 valence electrons. The van der Waals surface area contributed by atoms with Crippen LogP contribution in [0.3, 0.4) is 0 Å². The smallest absolute Gasteiger partial charge is 0.240 e. The van der Waals surface area contributed by atoms with Crippen LogP contribution in [-0.2, 0) is 9.59 Å². The Bertz CT molecular complexity index is 430. The molecule has 0 unspecified atom stereocenters. The molecule has 1 fully saturated rings. The van der Waals surface area contributed by atoms with Crippen molar-refractivity contribution in [3.8, 4) is 0 Å². The molecule has 5 heteroatoms. The second-order valence-electron chi connectivity index (χ2n) is 3.70. The van der Waals surface area contributed by atoms with Crippen molar-refractivity contribution in [1.82, 2.24) is 0 Å². The van der Waals surface area contributed by atoms with Crippen LogP contribution in [-0.4, -0.2) is 17.9 Å². The zero-order valence-electron chi connectivity index (χ0n) is 8.52. The highest BCUT2D eigenvalue weighted by Crippen LogP contribution is 2.27. The minimum atomic E-state index is -0.534. The van der Waals surface area contributed by atoms with Crippen molar-refractivity contribution >= 4 is 29.1 Å². The number of carbonyl (C=O) groups excluding carboxylic acids is 2. The third-order valence-corrected chi connectivity index (χ3v) is 2.90. The predicted octanol–water partition coefficient (Wildman–Crippen LogP) is 1.32. The van der Waals surface area contributed by atoms with Gasteiger partial charge in [-0.05, 0) is 30.7 Å². The van der Waals surface area contributed by atoms with E-state index in [1.165, 1.54) is 4.90 Å². The molecule has 0 spiro atoms. The number of carbonyl (C=O) groups is 2. The molecule has 1 aliphatic heterocycles. The summed E-state index contributed by atoms with van der Waals surface area (Å²) in [5.74, 6) is -0.549. The van der Waals surface area contributed by atoms with Gasteiger partial charge in [0.05, 0.1) is 0 Å². The second-order valence-corrected chi connectivity index (χ2v) is 4.13. The molecule has 16 heavy (non-hydrogen) atoms. The number of nitrogens with zero attached hydrogens (tertiary/aromatic N) is 1. The molecule has 2 rings (SSSR count). The number of rotatable bonds is 2. The standard InChI is InChI=1S/C11H11ClN2O2/c12-7-1-3-8(4-2-7)14-9(11(13)16)5-6-10(14)15/h1-4,9H,5-6H2,(H2,13,16)/t9-/m0/s1. The zero-order chi connectivity index (χ0) is 11.7. The van der Waals surface area contributed by atoms with Gasteiger partial charge in [0.15, 0.2) is 0 Å². The van der Waals surface area contributed by atoms with Crippen LogP contribution < -0.4 is 10.6 Å². The number of amides is 2. The summed E-state index contributed by atoms with van der Waals surface area (Å²) >= 11 is 5.76. The van der Waals surface area contributed by atoms with Gasteiger partial charge in [0.25, 0.3) is 0 Å². The molecule has 2 amide bonds. The van der Waals surface area contributed by atoms with Crippen LogP contribution in [0.1, 0.15) is 12.8 Å². The topological polar surface area (TPSA) is 63.4 Å². The van der Waals surface area contributed by atoms with Gasteiger partial charge in [-0.3, -0.25) is 14.5 Å². The van der Waals surface area contributed by atoms with Gasteiger partial charge in [-0.2, -0.15) is 0 Å². The number of benzene rings is 1. The van der Waals surface area contributed by atoms with Crippen molar-refractivity contribution in [2.75, 3.05) is 4.90 Å². The highest BCUT2D eigenvalue weighted by Gasteiger charge is 2.35. The van der Waals surface area contributed by atoms with Crippen molar-refractivity contribution in [2.45, 2.75) is 18.9 Å². The molecule has 1 aromatic rings. The largest absolute Gasteiger partial charge is 0.368 e. The van der Waals surface area contributed by atoms with Crippen LogP contribution in [0.15, 0.2) is 24.3 Å². The Hall–Kier alpha value is -1.55. The predicted molar refractivity (Wildman–Crippen MR) is 61.2 cm³/mol. The zero-order valence-corrected chi connectivity index (χ0v) is 9.28. The van der Waals surface area contributed by atoms with E-state index >= 15 is 0 Å². The molecule has 4 nitrogen and oxygen atoms in total. The van der Waals surface area contributed by atoms with Crippen LogP contribution in [0.5, 0.6) is 0 Å². The monoisotopic (exact) mass is 238 g/mol. The lowest BCUT2D eigenvalue weighted by molar-refractivity contribution is -0.121. The average molecular weight is 239 g/mol. The van der Waals surface area contributed by atoms with E-state index in [9.17, 15) is 9.59 Å². The van der Waals surface area contributed by atoms with E-state index in [-0.39, 0.29) is 5.91 Å². The number of halogens is 1. The first-order valence-electron chi connectivity index (χ1n) is 4.96. The first-order valence-corrected chi connectivity index (χ1v) is 5.34. The van der Waals surface area contributed by atoms with E-state index in [2.05, 4.69) is 0 Å². The van der Waals surface area contributed by atoms with Gasteiger partial charge in [-0.25, -0.2) is 0 Å². The van der Waals surface area contributed by atoms with Crippen LogP contribution in [0.2, 0.25) is 5.02 Å². The van der Waals surface area contributed by atoms with Gasteiger partial charge in [0.1, 0.15) is 6.04 Å². The van der Waals surface area contributed by atoms with E-state index in [0.29, 0.717) is 23.6 Å². The average Bonchev–Trinajstić information content (AvgIpc) is 2.62. The lowest BCUT2D eigenvalue weighted by Crippen LogP contribution is -2.42. The third kappa shape index (κ3) is 1.88. The van der Waals surface area contributed by atoms with Gasteiger partial charge in [0, 0.05) is 17.1 Å². The van der Waals surface area contributed by atoms with Gasteiger partial charge in [-0.1, -0.05) is 11.6 Å². The summed E-state index contributed by atoms with van der Waals surface area (Å²) in [6.45, 7) is 0. The maximum Gasteiger partial charge on any atom is 0.240 e. The van der Waals surface area contributed by atoms with Crippen LogP contribution in [0.25, 0.3) is 0 Å². The molecule has 1 heterocycles. The van der Waals surface area contributed by atoms with Crippen LogP contribution in [0.4, 0.5) is 5.69 Å². The molecule has 0 aromatic heterocycles. The number of hydrogen-bond acceptors (Lipinski definition) is 2. The fourth-order valence-corrected chi connectivity index (χ4v) is 2.00. The Morgan fingerprint density at radius 2 is 2.00 bits per heavy atom. The van der Waals surface area contributed by atoms with Crippen LogP contribution in [0, 0.1) is 0 Å². The number of primary amides is 1. The molecule has 1 aromatic carbocycles. The van der Waals surface area contributed by atoms with Gasteiger partial charge in [-0.15, -0.1) is 0 Å². The maximum absolute atomic E-state index is 11.7.